The zero-order valence-corrected chi connectivity index (χ0v) is 12.3. The van der Waals surface area contributed by atoms with Crippen molar-refractivity contribution in [3.63, 3.8) is 0 Å². The number of nitrogens with zero attached hydrogens (tertiary/aromatic N) is 2. The Kier molecular flexibility index (Phi) is 3.87. The summed E-state index contributed by atoms with van der Waals surface area (Å²) in [6, 6.07) is 5.80. The van der Waals surface area contributed by atoms with Crippen molar-refractivity contribution in [1.82, 2.24) is 9.78 Å². The molecule has 4 nitrogen and oxygen atoms in total. The van der Waals surface area contributed by atoms with Crippen LogP contribution < -0.4 is 11.3 Å². The Morgan fingerprint density at radius 3 is 2.74 bits per heavy atom. The molecule has 0 unspecified atom stereocenters. The van der Waals surface area contributed by atoms with Crippen molar-refractivity contribution in [2.45, 2.75) is 39.3 Å². The highest BCUT2D eigenvalue weighted by Crippen LogP contribution is 2.24. The van der Waals surface area contributed by atoms with Crippen LogP contribution in [0.4, 0.5) is 0 Å². The van der Waals surface area contributed by atoms with Crippen molar-refractivity contribution in [1.29, 1.82) is 0 Å². The van der Waals surface area contributed by atoms with E-state index in [0.717, 1.165) is 17.0 Å². The maximum absolute atomic E-state index is 12.4. The zero-order valence-electron chi connectivity index (χ0n) is 11.5. The molecule has 0 fully saturated rings. The summed E-state index contributed by atoms with van der Waals surface area (Å²) in [7, 11) is 0. The monoisotopic (exact) mass is 277 g/mol. The number of hydrogen-bond acceptors (Lipinski definition) is 4. The second-order valence-corrected chi connectivity index (χ2v) is 6.12. The lowest BCUT2D eigenvalue weighted by atomic mass is 9.96. The molecule has 0 aromatic carbocycles. The van der Waals surface area contributed by atoms with Crippen LogP contribution in [0.15, 0.2) is 28.4 Å². The van der Waals surface area contributed by atoms with E-state index in [2.05, 4.69) is 5.10 Å². The van der Waals surface area contributed by atoms with Crippen molar-refractivity contribution in [2.24, 2.45) is 5.73 Å². The minimum atomic E-state index is -0.665. The van der Waals surface area contributed by atoms with Gasteiger partial charge >= 0.3 is 0 Å². The lowest BCUT2D eigenvalue weighted by molar-refractivity contribution is 0.507. The minimum absolute atomic E-state index is 0.0883. The average Bonchev–Trinajstić information content (AvgIpc) is 2.84. The highest BCUT2D eigenvalue weighted by Gasteiger charge is 2.21. The molecule has 2 N–H and O–H groups in total. The Balaban J connectivity index is 2.64. The smallest absolute Gasteiger partial charge is 0.271 e. The SMILES string of the molecule is CCCn1nc(-c2cccs2)cc(C(C)(C)N)c1=O. The summed E-state index contributed by atoms with van der Waals surface area (Å²) in [6.07, 6.45) is 0.866. The summed E-state index contributed by atoms with van der Waals surface area (Å²) in [6.45, 7) is 6.33. The quantitative estimate of drug-likeness (QED) is 0.934. The van der Waals surface area contributed by atoms with Crippen molar-refractivity contribution in [3.05, 3.63) is 39.5 Å². The van der Waals surface area contributed by atoms with Gasteiger partial charge < -0.3 is 5.73 Å². The summed E-state index contributed by atoms with van der Waals surface area (Å²) in [5, 5.41) is 6.44. The van der Waals surface area contributed by atoms with Crippen LogP contribution in [0.3, 0.4) is 0 Å². The van der Waals surface area contributed by atoms with Crippen LogP contribution in [0.2, 0.25) is 0 Å². The highest BCUT2D eigenvalue weighted by atomic mass is 32.1. The zero-order chi connectivity index (χ0) is 14.0. The van der Waals surface area contributed by atoms with E-state index in [4.69, 9.17) is 5.73 Å². The summed E-state index contributed by atoms with van der Waals surface area (Å²) in [5.74, 6) is 0. The van der Waals surface area contributed by atoms with Crippen molar-refractivity contribution in [2.75, 3.05) is 0 Å². The number of hydrogen-bond donors (Lipinski definition) is 1. The predicted molar refractivity (Wildman–Crippen MR) is 79.3 cm³/mol. The van der Waals surface area contributed by atoms with Crippen LogP contribution in [-0.4, -0.2) is 9.78 Å². The van der Waals surface area contributed by atoms with Gasteiger partial charge in [-0.2, -0.15) is 5.10 Å². The van der Waals surface area contributed by atoms with Gasteiger partial charge in [0.2, 0.25) is 0 Å². The Labute approximate surface area is 116 Å². The normalized spacial score (nSPS) is 11.8. The molecule has 19 heavy (non-hydrogen) atoms. The molecule has 0 spiro atoms. The molecule has 2 heterocycles. The molecule has 0 saturated carbocycles. The van der Waals surface area contributed by atoms with Gasteiger partial charge in [0.25, 0.3) is 5.56 Å². The third kappa shape index (κ3) is 2.93. The van der Waals surface area contributed by atoms with E-state index in [9.17, 15) is 4.79 Å². The first-order valence-electron chi connectivity index (χ1n) is 6.39. The van der Waals surface area contributed by atoms with Crippen LogP contribution >= 0.6 is 11.3 Å². The molecule has 0 aliphatic carbocycles. The molecule has 0 radical (unpaired) electrons. The van der Waals surface area contributed by atoms with E-state index in [1.165, 1.54) is 4.68 Å². The van der Waals surface area contributed by atoms with E-state index >= 15 is 0 Å². The van der Waals surface area contributed by atoms with Crippen molar-refractivity contribution < 1.29 is 0 Å². The van der Waals surface area contributed by atoms with E-state index < -0.39 is 5.54 Å². The molecule has 2 rings (SSSR count). The maximum Gasteiger partial charge on any atom is 0.271 e. The molecule has 0 aliphatic heterocycles. The summed E-state index contributed by atoms with van der Waals surface area (Å²) in [4.78, 5) is 13.4. The van der Waals surface area contributed by atoms with Gasteiger partial charge in [-0.3, -0.25) is 4.79 Å². The molecule has 0 aliphatic rings. The molecule has 0 bridgehead atoms. The Morgan fingerprint density at radius 2 is 2.21 bits per heavy atom. The van der Waals surface area contributed by atoms with Crippen LogP contribution in [0, 0.1) is 0 Å². The van der Waals surface area contributed by atoms with Crippen molar-refractivity contribution in [3.8, 4) is 10.6 Å². The summed E-state index contributed by atoms with van der Waals surface area (Å²) < 4.78 is 1.53. The molecule has 0 atom stereocenters. The predicted octanol–water partition coefficient (Wildman–Crippen LogP) is 2.58. The van der Waals surface area contributed by atoms with Crippen LogP contribution in [0.25, 0.3) is 10.6 Å². The van der Waals surface area contributed by atoms with E-state index in [0.29, 0.717) is 12.1 Å². The number of aromatic nitrogens is 2. The maximum atomic E-state index is 12.4. The Morgan fingerprint density at radius 1 is 1.47 bits per heavy atom. The van der Waals surface area contributed by atoms with Gasteiger partial charge in [0.15, 0.2) is 0 Å². The minimum Gasteiger partial charge on any atom is -0.322 e. The third-order valence-corrected chi connectivity index (χ3v) is 3.77. The van der Waals surface area contributed by atoms with Crippen LogP contribution in [0.5, 0.6) is 0 Å². The van der Waals surface area contributed by atoms with Gasteiger partial charge in [0.1, 0.15) is 5.69 Å². The average molecular weight is 277 g/mol. The van der Waals surface area contributed by atoms with E-state index in [1.807, 2.05) is 44.4 Å². The number of thiophene rings is 1. The molecular weight excluding hydrogens is 258 g/mol. The Hall–Kier alpha value is -1.46. The number of aryl methyl sites for hydroxylation is 1. The fourth-order valence-electron chi connectivity index (χ4n) is 1.91. The number of nitrogens with two attached hydrogens (primary N) is 1. The number of rotatable bonds is 4. The molecule has 0 amide bonds. The molecule has 102 valence electrons. The summed E-state index contributed by atoms with van der Waals surface area (Å²) >= 11 is 1.61. The fraction of sp³-hybridized carbons (Fsp3) is 0.429. The second-order valence-electron chi connectivity index (χ2n) is 5.17. The highest BCUT2D eigenvalue weighted by molar-refractivity contribution is 7.13. The van der Waals surface area contributed by atoms with Gasteiger partial charge in [-0.25, -0.2) is 4.68 Å². The lowest BCUT2D eigenvalue weighted by Crippen LogP contribution is -2.39. The second kappa shape index (κ2) is 5.27. The molecule has 0 saturated heterocycles. The molecule has 2 aromatic heterocycles. The molecular formula is C14H19N3OS. The first-order chi connectivity index (χ1) is 8.93. The van der Waals surface area contributed by atoms with Gasteiger partial charge in [-0.05, 0) is 37.8 Å². The van der Waals surface area contributed by atoms with Gasteiger partial charge in [0, 0.05) is 17.6 Å². The first kappa shape index (κ1) is 14.0. The molecule has 5 heteroatoms. The van der Waals surface area contributed by atoms with E-state index in [1.54, 1.807) is 11.3 Å². The standard InChI is InChI=1S/C14H19N3OS/c1-4-7-17-13(18)10(14(2,3)15)9-11(16-17)12-6-5-8-19-12/h5-6,8-9H,4,7,15H2,1-3H3. The van der Waals surface area contributed by atoms with E-state index in [-0.39, 0.29) is 5.56 Å². The fourth-order valence-corrected chi connectivity index (χ4v) is 2.59. The lowest BCUT2D eigenvalue weighted by Gasteiger charge is -2.20. The van der Waals surface area contributed by atoms with Crippen molar-refractivity contribution >= 4 is 11.3 Å². The topological polar surface area (TPSA) is 60.9 Å². The molecule has 2 aromatic rings. The largest absolute Gasteiger partial charge is 0.322 e. The van der Waals surface area contributed by atoms with Crippen LogP contribution in [0.1, 0.15) is 32.8 Å². The first-order valence-corrected chi connectivity index (χ1v) is 7.27. The van der Waals surface area contributed by atoms with Gasteiger partial charge in [-0.15, -0.1) is 11.3 Å². The van der Waals surface area contributed by atoms with Gasteiger partial charge in [0.05, 0.1) is 4.88 Å². The van der Waals surface area contributed by atoms with Crippen LogP contribution in [-0.2, 0) is 12.1 Å². The Bertz CT molecular complexity index is 609. The van der Waals surface area contributed by atoms with Gasteiger partial charge in [-0.1, -0.05) is 13.0 Å². The third-order valence-electron chi connectivity index (χ3n) is 2.88. The summed E-state index contributed by atoms with van der Waals surface area (Å²) in [5.41, 5.74) is 6.78.